The van der Waals surface area contributed by atoms with Crippen molar-refractivity contribution in [3.8, 4) is 0 Å². The summed E-state index contributed by atoms with van der Waals surface area (Å²) in [7, 11) is 0. The van der Waals surface area contributed by atoms with Gasteiger partial charge in [-0.15, -0.1) is 0 Å². The number of benzene rings is 1. The number of carbonyl (C=O) groups excluding carboxylic acids is 2. The summed E-state index contributed by atoms with van der Waals surface area (Å²) >= 11 is 3.23. The number of amides is 2. The minimum absolute atomic E-state index is 0.0720. The molecule has 1 aromatic rings. The molecule has 1 N–H and O–H groups in total. The van der Waals surface area contributed by atoms with E-state index in [0.717, 1.165) is 44.2 Å². The Hall–Kier alpha value is -1.43. The van der Waals surface area contributed by atoms with Crippen LogP contribution < -0.4 is 5.32 Å². The van der Waals surface area contributed by atoms with Gasteiger partial charge in [0, 0.05) is 25.6 Å². The molecule has 0 bridgehead atoms. The van der Waals surface area contributed by atoms with Crippen molar-refractivity contribution in [1.29, 1.82) is 0 Å². The fourth-order valence-corrected chi connectivity index (χ4v) is 4.28. The van der Waals surface area contributed by atoms with E-state index >= 15 is 0 Å². The van der Waals surface area contributed by atoms with Crippen molar-refractivity contribution in [2.75, 3.05) is 13.1 Å². The van der Waals surface area contributed by atoms with Crippen molar-refractivity contribution >= 4 is 27.7 Å². The van der Waals surface area contributed by atoms with Crippen LogP contribution in [0, 0.1) is 11.7 Å². The van der Waals surface area contributed by atoms with E-state index in [-0.39, 0.29) is 29.6 Å². The summed E-state index contributed by atoms with van der Waals surface area (Å²) in [6.45, 7) is 3.32. The number of rotatable bonds is 5. The molecule has 0 unspecified atom stereocenters. The molecule has 0 aromatic heterocycles. The van der Waals surface area contributed by atoms with Gasteiger partial charge in [0.05, 0.1) is 10.4 Å². The number of hydrogen-bond donors (Lipinski definition) is 1. The van der Waals surface area contributed by atoms with Gasteiger partial charge < -0.3 is 10.2 Å². The molecule has 26 heavy (non-hydrogen) atoms. The first-order chi connectivity index (χ1) is 12.5. The van der Waals surface area contributed by atoms with Crippen LogP contribution in [-0.4, -0.2) is 35.8 Å². The average molecular weight is 425 g/mol. The summed E-state index contributed by atoms with van der Waals surface area (Å²) in [4.78, 5) is 26.5. The summed E-state index contributed by atoms with van der Waals surface area (Å²) in [6, 6.07) is 5.31. The highest BCUT2D eigenvalue weighted by Crippen LogP contribution is 2.38. The Balaban J connectivity index is 1.47. The van der Waals surface area contributed by atoms with Crippen molar-refractivity contribution in [2.24, 2.45) is 5.92 Å². The third-order valence-electron chi connectivity index (χ3n) is 5.51. The number of nitrogens with one attached hydrogen (secondary N) is 1. The van der Waals surface area contributed by atoms with Crippen molar-refractivity contribution in [1.82, 2.24) is 10.2 Å². The van der Waals surface area contributed by atoms with Crippen LogP contribution in [0.15, 0.2) is 22.7 Å². The van der Waals surface area contributed by atoms with Gasteiger partial charge in [-0.05, 0) is 71.6 Å². The second kappa shape index (κ2) is 8.51. The molecule has 4 nitrogen and oxygen atoms in total. The predicted molar refractivity (Wildman–Crippen MR) is 102 cm³/mol. The van der Waals surface area contributed by atoms with Crippen LogP contribution in [0.3, 0.4) is 0 Å². The van der Waals surface area contributed by atoms with Gasteiger partial charge in [-0.1, -0.05) is 13.0 Å². The molecule has 1 heterocycles. The molecule has 1 aliphatic heterocycles. The van der Waals surface area contributed by atoms with Crippen LogP contribution in [0.1, 0.15) is 56.9 Å². The van der Waals surface area contributed by atoms with Crippen LogP contribution in [0.25, 0.3) is 0 Å². The van der Waals surface area contributed by atoms with Crippen molar-refractivity contribution in [3.63, 3.8) is 0 Å². The minimum Gasteiger partial charge on any atom is -0.353 e. The molecule has 2 fully saturated rings. The molecule has 1 saturated heterocycles. The van der Waals surface area contributed by atoms with Gasteiger partial charge in [0.15, 0.2) is 0 Å². The van der Waals surface area contributed by atoms with E-state index in [1.807, 2.05) is 24.0 Å². The Morgan fingerprint density at radius 3 is 2.81 bits per heavy atom. The molecule has 3 rings (SSSR count). The van der Waals surface area contributed by atoms with Crippen LogP contribution in [0.4, 0.5) is 4.39 Å². The van der Waals surface area contributed by atoms with E-state index in [0.29, 0.717) is 23.4 Å². The Bertz CT molecular complexity index is 676. The second-order valence-electron chi connectivity index (χ2n) is 7.48. The molecule has 1 saturated carbocycles. The lowest BCUT2D eigenvalue weighted by molar-refractivity contribution is -0.136. The highest BCUT2D eigenvalue weighted by Gasteiger charge is 2.34. The molecule has 1 atom stereocenters. The molecular formula is C20H26BrFN2O2. The molecule has 0 radical (unpaired) electrons. The molecule has 0 spiro atoms. The van der Waals surface area contributed by atoms with Crippen molar-refractivity contribution in [2.45, 2.75) is 57.4 Å². The zero-order valence-electron chi connectivity index (χ0n) is 15.1. The van der Waals surface area contributed by atoms with Gasteiger partial charge in [-0.2, -0.15) is 0 Å². The summed E-state index contributed by atoms with van der Waals surface area (Å²) in [5.41, 5.74) is 1.11. The molecule has 2 amide bonds. The maximum Gasteiger partial charge on any atom is 0.225 e. The standard InChI is InChI=1S/C20H26BrFN2O2/c1-2-4-19(25)24-8-3-5-14(12-24)20(26)23-16-9-15(10-16)13-6-7-18(22)17(21)11-13/h6-7,11,14-16H,2-5,8-10,12H2,1H3,(H,23,26)/t14-,15?,16?/m0/s1. The number of halogens is 2. The van der Waals surface area contributed by atoms with Crippen molar-refractivity contribution < 1.29 is 14.0 Å². The highest BCUT2D eigenvalue weighted by molar-refractivity contribution is 9.10. The fraction of sp³-hybridized carbons (Fsp3) is 0.600. The van der Waals surface area contributed by atoms with Gasteiger partial charge in [-0.3, -0.25) is 9.59 Å². The van der Waals surface area contributed by atoms with Crippen molar-refractivity contribution in [3.05, 3.63) is 34.1 Å². The lowest BCUT2D eigenvalue weighted by Crippen LogP contribution is -2.50. The number of likely N-dealkylation sites (tertiary alicyclic amines) is 1. The Kier molecular flexibility index (Phi) is 6.33. The van der Waals surface area contributed by atoms with Crippen LogP contribution in [0.2, 0.25) is 0 Å². The van der Waals surface area contributed by atoms with E-state index in [9.17, 15) is 14.0 Å². The monoisotopic (exact) mass is 424 g/mol. The number of hydrogen-bond acceptors (Lipinski definition) is 2. The maximum absolute atomic E-state index is 13.3. The molecular weight excluding hydrogens is 399 g/mol. The summed E-state index contributed by atoms with van der Waals surface area (Å²) in [5, 5.41) is 3.14. The van der Waals surface area contributed by atoms with Gasteiger partial charge in [0.25, 0.3) is 0 Å². The van der Waals surface area contributed by atoms with E-state index in [1.54, 1.807) is 0 Å². The van der Waals surface area contributed by atoms with Gasteiger partial charge >= 0.3 is 0 Å². The van der Waals surface area contributed by atoms with Gasteiger partial charge in [-0.25, -0.2) is 4.39 Å². The molecule has 2 aliphatic rings. The summed E-state index contributed by atoms with van der Waals surface area (Å²) < 4.78 is 13.8. The quantitative estimate of drug-likeness (QED) is 0.776. The third-order valence-corrected chi connectivity index (χ3v) is 6.12. The van der Waals surface area contributed by atoms with Crippen LogP contribution in [0.5, 0.6) is 0 Å². The zero-order chi connectivity index (χ0) is 18.7. The first kappa shape index (κ1) is 19.3. The lowest BCUT2D eigenvalue weighted by Gasteiger charge is -2.38. The van der Waals surface area contributed by atoms with E-state index < -0.39 is 0 Å². The third kappa shape index (κ3) is 4.45. The molecule has 142 valence electrons. The maximum atomic E-state index is 13.3. The lowest BCUT2D eigenvalue weighted by atomic mass is 9.75. The van der Waals surface area contributed by atoms with E-state index in [4.69, 9.17) is 0 Å². The zero-order valence-corrected chi connectivity index (χ0v) is 16.7. The Morgan fingerprint density at radius 1 is 1.35 bits per heavy atom. The second-order valence-corrected chi connectivity index (χ2v) is 8.33. The van der Waals surface area contributed by atoms with Crippen LogP contribution in [-0.2, 0) is 9.59 Å². The average Bonchev–Trinajstić information content (AvgIpc) is 2.60. The van der Waals surface area contributed by atoms with Crippen LogP contribution >= 0.6 is 15.9 Å². The van der Waals surface area contributed by atoms with E-state index in [1.165, 1.54) is 6.07 Å². The Labute approximate surface area is 162 Å². The smallest absolute Gasteiger partial charge is 0.225 e. The minimum atomic E-state index is -0.252. The number of nitrogens with zero attached hydrogens (tertiary/aromatic N) is 1. The SMILES string of the molecule is CCCC(=O)N1CCC[C@H](C(=O)NC2CC(c3ccc(F)c(Br)c3)C2)C1. The summed E-state index contributed by atoms with van der Waals surface area (Å²) in [5.74, 6) is 0.255. The molecule has 1 aliphatic carbocycles. The normalized spacial score (nSPS) is 25.5. The van der Waals surface area contributed by atoms with Gasteiger partial charge in [0.2, 0.25) is 11.8 Å². The predicted octanol–water partition coefficient (Wildman–Crippen LogP) is 3.99. The molecule has 6 heteroatoms. The Morgan fingerprint density at radius 2 is 2.12 bits per heavy atom. The largest absolute Gasteiger partial charge is 0.353 e. The first-order valence-corrected chi connectivity index (χ1v) is 10.3. The number of carbonyl (C=O) groups is 2. The topological polar surface area (TPSA) is 49.4 Å². The van der Waals surface area contributed by atoms with E-state index in [2.05, 4.69) is 21.2 Å². The number of piperidine rings is 1. The first-order valence-electron chi connectivity index (χ1n) is 9.51. The fourth-order valence-electron chi connectivity index (χ4n) is 3.88. The summed E-state index contributed by atoms with van der Waals surface area (Å²) in [6.07, 6.45) is 4.91. The highest BCUT2D eigenvalue weighted by atomic mass is 79.9. The van der Waals surface area contributed by atoms with Gasteiger partial charge in [0.1, 0.15) is 5.82 Å². The molecule has 1 aromatic carbocycles.